The van der Waals surface area contributed by atoms with E-state index in [1.165, 1.54) is 0 Å². The zero-order valence-electron chi connectivity index (χ0n) is 11.6. The van der Waals surface area contributed by atoms with Crippen LogP contribution in [0.1, 0.15) is 25.2 Å². The summed E-state index contributed by atoms with van der Waals surface area (Å²) in [7, 11) is 1.59. The van der Waals surface area contributed by atoms with E-state index >= 15 is 0 Å². The molecular formula is C15H18O4. The second kappa shape index (κ2) is 4.61. The molecule has 0 spiro atoms. The number of fused-ring (bicyclic) bond motifs is 1. The molecule has 2 aromatic rings. The lowest BCUT2D eigenvalue weighted by molar-refractivity contribution is -0.146. The maximum atomic E-state index is 11.2. The number of rotatable bonds is 4. The minimum Gasteiger partial charge on any atom is -0.493 e. The summed E-state index contributed by atoms with van der Waals surface area (Å²) in [5.41, 5.74) is 0.825. The van der Waals surface area contributed by atoms with Gasteiger partial charge < -0.3 is 14.3 Å². The molecule has 1 N–H and O–H groups in total. The van der Waals surface area contributed by atoms with Crippen LogP contribution in [0.15, 0.2) is 22.6 Å². The second-order valence-electron chi connectivity index (χ2n) is 5.39. The molecule has 4 heteroatoms. The summed E-state index contributed by atoms with van der Waals surface area (Å²) in [6, 6.07) is 5.64. The molecule has 0 unspecified atom stereocenters. The van der Waals surface area contributed by atoms with Crippen LogP contribution in [0.4, 0.5) is 0 Å². The first-order chi connectivity index (χ1) is 8.85. The van der Waals surface area contributed by atoms with Crippen LogP contribution in [-0.4, -0.2) is 18.2 Å². The van der Waals surface area contributed by atoms with Gasteiger partial charge in [-0.05, 0) is 44.9 Å². The lowest BCUT2D eigenvalue weighted by atomic mass is 9.85. The quantitative estimate of drug-likeness (QED) is 0.917. The van der Waals surface area contributed by atoms with Crippen LogP contribution in [0.25, 0.3) is 11.0 Å². The molecule has 0 fully saturated rings. The van der Waals surface area contributed by atoms with Crippen LogP contribution >= 0.6 is 0 Å². The number of benzene rings is 1. The van der Waals surface area contributed by atoms with Gasteiger partial charge in [-0.3, -0.25) is 4.79 Å². The van der Waals surface area contributed by atoms with Gasteiger partial charge in [-0.15, -0.1) is 0 Å². The van der Waals surface area contributed by atoms with Crippen molar-refractivity contribution in [1.29, 1.82) is 0 Å². The van der Waals surface area contributed by atoms with Crippen molar-refractivity contribution in [2.75, 3.05) is 7.11 Å². The molecule has 0 atom stereocenters. The van der Waals surface area contributed by atoms with E-state index in [0.29, 0.717) is 17.8 Å². The van der Waals surface area contributed by atoms with Gasteiger partial charge in [0.15, 0.2) is 11.3 Å². The molecule has 0 radical (unpaired) electrons. The Bertz CT molecular complexity index is 622. The van der Waals surface area contributed by atoms with E-state index in [4.69, 9.17) is 9.15 Å². The Morgan fingerprint density at radius 2 is 2.11 bits per heavy atom. The maximum absolute atomic E-state index is 11.2. The third-order valence-electron chi connectivity index (χ3n) is 3.29. The number of hydrogen-bond donors (Lipinski definition) is 1. The number of aryl methyl sites for hydroxylation is 1. The van der Waals surface area contributed by atoms with Gasteiger partial charge in [0, 0.05) is 5.39 Å². The summed E-state index contributed by atoms with van der Waals surface area (Å²) in [4.78, 5) is 11.2. The second-order valence-corrected chi connectivity index (χ2v) is 5.39. The summed E-state index contributed by atoms with van der Waals surface area (Å²) in [5.74, 6) is 0.644. The van der Waals surface area contributed by atoms with Gasteiger partial charge in [0.1, 0.15) is 5.76 Å². The SMILES string of the molecule is COc1ccc(CC(C)(C)C(=O)O)c2cc(C)oc12. The Labute approximate surface area is 112 Å². The van der Waals surface area contributed by atoms with E-state index in [9.17, 15) is 9.90 Å². The van der Waals surface area contributed by atoms with Crippen molar-refractivity contribution in [3.8, 4) is 5.75 Å². The molecule has 1 aromatic carbocycles. The Hall–Kier alpha value is -1.97. The lowest BCUT2D eigenvalue weighted by Crippen LogP contribution is -2.26. The topological polar surface area (TPSA) is 59.7 Å². The van der Waals surface area contributed by atoms with E-state index < -0.39 is 11.4 Å². The minimum absolute atomic E-state index is 0.446. The number of furan rings is 1. The molecule has 0 aliphatic heterocycles. The van der Waals surface area contributed by atoms with Crippen molar-refractivity contribution in [2.45, 2.75) is 27.2 Å². The molecule has 0 aliphatic rings. The molecular weight excluding hydrogens is 244 g/mol. The van der Waals surface area contributed by atoms with Crippen LogP contribution in [0.2, 0.25) is 0 Å². The summed E-state index contributed by atoms with van der Waals surface area (Å²) in [6.45, 7) is 5.31. The van der Waals surface area contributed by atoms with Crippen molar-refractivity contribution in [2.24, 2.45) is 5.41 Å². The third-order valence-corrected chi connectivity index (χ3v) is 3.29. The average Bonchev–Trinajstić information content (AvgIpc) is 2.71. The Morgan fingerprint density at radius 1 is 1.42 bits per heavy atom. The number of carboxylic acid groups (broad SMARTS) is 1. The zero-order chi connectivity index (χ0) is 14.2. The highest BCUT2D eigenvalue weighted by molar-refractivity contribution is 5.87. The van der Waals surface area contributed by atoms with Crippen molar-refractivity contribution in [3.05, 3.63) is 29.5 Å². The van der Waals surface area contributed by atoms with E-state index in [1.807, 2.05) is 25.1 Å². The first kappa shape index (κ1) is 13.5. The highest BCUT2D eigenvalue weighted by Crippen LogP contribution is 2.34. The predicted molar refractivity (Wildman–Crippen MR) is 72.6 cm³/mol. The van der Waals surface area contributed by atoms with Gasteiger partial charge in [-0.2, -0.15) is 0 Å². The summed E-state index contributed by atoms with van der Waals surface area (Å²) < 4.78 is 10.9. The number of methoxy groups -OCH3 is 1. The van der Waals surface area contributed by atoms with Crippen LogP contribution in [-0.2, 0) is 11.2 Å². The van der Waals surface area contributed by atoms with E-state index in [2.05, 4.69) is 0 Å². The summed E-state index contributed by atoms with van der Waals surface area (Å²) in [6.07, 6.45) is 0.446. The van der Waals surface area contributed by atoms with Gasteiger partial charge >= 0.3 is 5.97 Å². The van der Waals surface area contributed by atoms with Gasteiger partial charge in [-0.25, -0.2) is 0 Å². The molecule has 0 saturated heterocycles. The van der Waals surface area contributed by atoms with Crippen LogP contribution in [0, 0.1) is 12.3 Å². The Balaban J connectivity index is 2.53. The monoisotopic (exact) mass is 262 g/mol. The molecule has 0 aliphatic carbocycles. The van der Waals surface area contributed by atoms with Gasteiger partial charge in [0.05, 0.1) is 12.5 Å². The molecule has 1 aromatic heterocycles. The molecule has 0 amide bonds. The Morgan fingerprint density at radius 3 is 2.68 bits per heavy atom. The molecule has 0 saturated carbocycles. The molecule has 0 bridgehead atoms. The molecule has 102 valence electrons. The molecule has 2 rings (SSSR count). The lowest BCUT2D eigenvalue weighted by Gasteiger charge is -2.19. The average molecular weight is 262 g/mol. The fourth-order valence-electron chi connectivity index (χ4n) is 2.14. The fourth-order valence-corrected chi connectivity index (χ4v) is 2.14. The number of ether oxygens (including phenoxy) is 1. The third kappa shape index (κ3) is 2.43. The summed E-state index contributed by atoms with van der Waals surface area (Å²) >= 11 is 0. The largest absolute Gasteiger partial charge is 0.493 e. The molecule has 1 heterocycles. The first-order valence-corrected chi connectivity index (χ1v) is 6.14. The highest BCUT2D eigenvalue weighted by atomic mass is 16.5. The highest BCUT2D eigenvalue weighted by Gasteiger charge is 2.28. The molecule has 4 nitrogen and oxygen atoms in total. The van der Waals surface area contributed by atoms with E-state index in [-0.39, 0.29) is 0 Å². The fraction of sp³-hybridized carbons (Fsp3) is 0.400. The number of carbonyl (C=O) groups is 1. The standard InChI is InChI=1S/C15H18O4/c1-9-7-11-10(8-15(2,3)14(16)17)5-6-12(18-4)13(11)19-9/h5-7H,8H2,1-4H3,(H,16,17). The van der Waals surface area contributed by atoms with Crippen molar-refractivity contribution >= 4 is 16.9 Å². The van der Waals surface area contributed by atoms with Crippen molar-refractivity contribution in [3.63, 3.8) is 0 Å². The van der Waals surface area contributed by atoms with Crippen molar-refractivity contribution in [1.82, 2.24) is 0 Å². The van der Waals surface area contributed by atoms with E-state index in [1.54, 1.807) is 21.0 Å². The Kier molecular flexibility index (Phi) is 3.27. The zero-order valence-corrected chi connectivity index (χ0v) is 11.6. The number of hydrogen-bond acceptors (Lipinski definition) is 3. The number of aliphatic carboxylic acids is 1. The van der Waals surface area contributed by atoms with Crippen LogP contribution < -0.4 is 4.74 Å². The van der Waals surface area contributed by atoms with Gasteiger partial charge in [0.2, 0.25) is 0 Å². The molecule has 19 heavy (non-hydrogen) atoms. The van der Waals surface area contributed by atoms with E-state index in [0.717, 1.165) is 16.7 Å². The van der Waals surface area contributed by atoms with Crippen molar-refractivity contribution < 1.29 is 19.1 Å². The van der Waals surface area contributed by atoms with Gasteiger partial charge in [0.25, 0.3) is 0 Å². The maximum Gasteiger partial charge on any atom is 0.309 e. The van der Waals surface area contributed by atoms with Crippen LogP contribution in [0.3, 0.4) is 0 Å². The van der Waals surface area contributed by atoms with Gasteiger partial charge in [-0.1, -0.05) is 6.07 Å². The minimum atomic E-state index is -0.813. The predicted octanol–water partition coefficient (Wildman–Crippen LogP) is 3.40. The number of carboxylic acids is 1. The summed E-state index contributed by atoms with van der Waals surface area (Å²) in [5, 5.41) is 10.2. The first-order valence-electron chi connectivity index (χ1n) is 6.14. The van der Waals surface area contributed by atoms with Crippen LogP contribution in [0.5, 0.6) is 5.75 Å². The normalized spacial score (nSPS) is 11.8. The smallest absolute Gasteiger partial charge is 0.309 e.